The van der Waals surface area contributed by atoms with Crippen molar-refractivity contribution in [1.82, 2.24) is 9.97 Å². The summed E-state index contributed by atoms with van der Waals surface area (Å²) >= 11 is 0. The Hall–Kier alpha value is -2.38. The van der Waals surface area contributed by atoms with Gasteiger partial charge in [0.25, 0.3) is 0 Å². The Labute approximate surface area is 157 Å². The summed E-state index contributed by atoms with van der Waals surface area (Å²) in [7, 11) is 0. The standard InChI is InChI=1S/C20H18F6N2/c21-19(22,23)9-1-3-13-7-11-27-17-15(13)5-6-16-14(8-12-28-18(16)17)4-2-10-20(24,25)26/h5-8,11-12H,1-4,9-10H2. The van der Waals surface area contributed by atoms with Crippen LogP contribution in [-0.4, -0.2) is 22.3 Å². The summed E-state index contributed by atoms with van der Waals surface area (Å²) in [5, 5.41) is 1.44. The van der Waals surface area contributed by atoms with Crippen LogP contribution < -0.4 is 0 Å². The van der Waals surface area contributed by atoms with Crippen molar-refractivity contribution < 1.29 is 26.3 Å². The molecule has 0 bridgehead atoms. The third kappa shape index (κ3) is 5.11. The molecule has 0 fully saturated rings. The van der Waals surface area contributed by atoms with Crippen molar-refractivity contribution in [3.05, 3.63) is 47.8 Å². The van der Waals surface area contributed by atoms with Crippen molar-refractivity contribution in [2.24, 2.45) is 0 Å². The van der Waals surface area contributed by atoms with Gasteiger partial charge in [-0.05, 0) is 48.9 Å². The van der Waals surface area contributed by atoms with Gasteiger partial charge in [-0.15, -0.1) is 0 Å². The molecule has 0 saturated carbocycles. The second-order valence-electron chi connectivity index (χ2n) is 6.74. The molecule has 0 aliphatic rings. The number of hydrogen-bond acceptors (Lipinski definition) is 2. The lowest BCUT2D eigenvalue weighted by Crippen LogP contribution is -2.07. The van der Waals surface area contributed by atoms with Crippen molar-refractivity contribution in [1.29, 1.82) is 0 Å². The lowest BCUT2D eigenvalue weighted by molar-refractivity contribution is -0.136. The zero-order chi connectivity index (χ0) is 20.4. The van der Waals surface area contributed by atoms with Gasteiger partial charge in [-0.25, -0.2) is 0 Å². The summed E-state index contributed by atoms with van der Waals surface area (Å²) < 4.78 is 74.4. The van der Waals surface area contributed by atoms with E-state index in [1.165, 1.54) is 12.4 Å². The summed E-state index contributed by atoms with van der Waals surface area (Å²) in [5.41, 5.74) is 2.61. The van der Waals surface area contributed by atoms with Crippen LogP contribution in [0.2, 0.25) is 0 Å². The summed E-state index contributed by atoms with van der Waals surface area (Å²) in [5.74, 6) is 0. The average Bonchev–Trinajstić information content (AvgIpc) is 2.59. The molecule has 1 aromatic carbocycles. The molecular weight excluding hydrogens is 382 g/mol. The number of pyridine rings is 2. The zero-order valence-electron chi connectivity index (χ0n) is 14.9. The van der Waals surface area contributed by atoms with Gasteiger partial charge < -0.3 is 0 Å². The van der Waals surface area contributed by atoms with Crippen LogP contribution in [-0.2, 0) is 12.8 Å². The van der Waals surface area contributed by atoms with Gasteiger partial charge in [-0.1, -0.05) is 12.1 Å². The normalized spacial score (nSPS) is 12.8. The molecule has 0 aliphatic carbocycles. The molecule has 0 saturated heterocycles. The molecule has 0 radical (unpaired) electrons. The van der Waals surface area contributed by atoms with E-state index in [1.807, 2.05) is 0 Å². The molecule has 0 amide bonds. The number of alkyl halides is 6. The Morgan fingerprint density at radius 2 is 1.00 bits per heavy atom. The van der Waals surface area contributed by atoms with Crippen LogP contribution in [0.1, 0.15) is 36.8 Å². The molecular formula is C20H18F6N2. The molecule has 8 heteroatoms. The summed E-state index contributed by atoms with van der Waals surface area (Å²) in [6, 6.07) is 6.92. The molecule has 0 aliphatic heterocycles. The van der Waals surface area contributed by atoms with E-state index in [2.05, 4.69) is 9.97 Å². The second-order valence-corrected chi connectivity index (χ2v) is 6.74. The van der Waals surface area contributed by atoms with E-state index in [9.17, 15) is 26.3 Å². The van der Waals surface area contributed by atoms with Crippen LogP contribution in [0.15, 0.2) is 36.7 Å². The van der Waals surface area contributed by atoms with Gasteiger partial charge in [0.1, 0.15) is 0 Å². The lowest BCUT2D eigenvalue weighted by atomic mass is 9.98. The van der Waals surface area contributed by atoms with E-state index in [-0.39, 0.29) is 25.7 Å². The fourth-order valence-electron chi connectivity index (χ4n) is 3.34. The van der Waals surface area contributed by atoms with Crippen LogP contribution in [0.4, 0.5) is 26.3 Å². The molecule has 0 unspecified atom stereocenters. The highest BCUT2D eigenvalue weighted by molar-refractivity contribution is 6.04. The topological polar surface area (TPSA) is 25.8 Å². The van der Waals surface area contributed by atoms with Gasteiger partial charge in [0.05, 0.1) is 11.0 Å². The molecule has 0 atom stereocenters. The Kier molecular flexibility index (Phi) is 5.76. The molecule has 0 N–H and O–H groups in total. The van der Waals surface area contributed by atoms with Crippen LogP contribution in [0.3, 0.4) is 0 Å². The first kappa shape index (κ1) is 20.4. The molecule has 150 valence electrons. The highest BCUT2D eigenvalue weighted by Crippen LogP contribution is 2.30. The minimum Gasteiger partial charge on any atom is -0.254 e. The molecule has 0 spiro atoms. The van der Waals surface area contributed by atoms with E-state index >= 15 is 0 Å². The summed E-state index contributed by atoms with van der Waals surface area (Å²) in [6.07, 6.45) is -6.56. The Bertz CT molecular complexity index is 884. The third-order valence-electron chi connectivity index (χ3n) is 4.61. The Morgan fingerprint density at radius 3 is 1.36 bits per heavy atom. The number of nitrogens with zero attached hydrogens (tertiary/aromatic N) is 2. The third-order valence-corrected chi connectivity index (χ3v) is 4.61. The maximum atomic E-state index is 12.4. The first-order valence-corrected chi connectivity index (χ1v) is 8.92. The largest absolute Gasteiger partial charge is 0.389 e. The van der Waals surface area contributed by atoms with Crippen LogP contribution in [0.5, 0.6) is 0 Å². The number of hydrogen-bond donors (Lipinski definition) is 0. The van der Waals surface area contributed by atoms with Crippen molar-refractivity contribution in [3.63, 3.8) is 0 Å². The van der Waals surface area contributed by atoms with Crippen molar-refractivity contribution in [2.45, 2.75) is 50.9 Å². The fraction of sp³-hybridized carbons (Fsp3) is 0.400. The molecule has 2 heterocycles. The van der Waals surface area contributed by atoms with Crippen molar-refractivity contribution >= 4 is 21.8 Å². The molecule has 3 rings (SSSR count). The van der Waals surface area contributed by atoms with E-state index in [0.29, 0.717) is 11.0 Å². The van der Waals surface area contributed by atoms with E-state index < -0.39 is 25.2 Å². The van der Waals surface area contributed by atoms with E-state index in [1.54, 1.807) is 24.3 Å². The quantitative estimate of drug-likeness (QED) is 0.346. The molecule has 2 nitrogen and oxygen atoms in total. The SMILES string of the molecule is FC(F)(F)CCCc1ccnc2c1ccc1c(CCCC(F)(F)F)ccnc12. The maximum absolute atomic E-state index is 12.4. The van der Waals surface area contributed by atoms with Crippen molar-refractivity contribution in [2.75, 3.05) is 0 Å². The monoisotopic (exact) mass is 400 g/mol. The molecule has 2 aromatic heterocycles. The van der Waals surface area contributed by atoms with Gasteiger partial charge in [0.15, 0.2) is 0 Å². The number of aromatic nitrogens is 2. The van der Waals surface area contributed by atoms with E-state index in [4.69, 9.17) is 0 Å². The minimum atomic E-state index is -4.19. The second kappa shape index (κ2) is 7.93. The van der Waals surface area contributed by atoms with Crippen LogP contribution in [0, 0.1) is 0 Å². The number of fused-ring (bicyclic) bond motifs is 3. The Balaban J connectivity index is 1.90. The predicted octanol–water partition coefficient (Wildman–Crippen LogP) is 6.55. The molecule has 3 aromatic rings. The van der Waals surface area contributed by atoms with Gasteiger partial charge in [0, 0.05) is 36.0 Å². The maximum Gasteiger partial charge on any atom is 0.389 e. The van der Waals surface area contributed by atoms with Gasteiger partial charge in [-0.3, -0.25) is 9.97 Å². The number of benzene rings is 1. The fourth-order valence-corrected chi connectivity index (χ4v) is 3.34. The number of rotatable bonds is 6. The van der Waals surface area contributed by atoms with E-state index in [0.717, 1.165) is 21.9 Å². The van der Waals surface area contributed by atoms with Crippen LogP contribution >= 0.6 is 0 Å². The molecule has 28 heavy (non-hydrogen) atoms. The zero-order valence-corrected chi connectivity index (χ0v) is 14.9. The summed E-state index contributed by atoms with van der Waals surface area (Å²) in [4.78, 5) is 8.65. The predicted molar refractivity (Wildman–Crippen MR) is 95.0 cm³/mol. The first-order chi connectivity index (χ1) is 13.1. The first-order valence-electron chi connectivity index (χ1n) is 8.92. The van der Waals surface area contributed by atoms with Crippen molar-refractivity contribution in [3.8, 4) is 0 Å². The smallest absolute Gasteiger partial charge is 0.254 e. The lowest BCUT2D eigenvalue weighted by Gasteiger charge is -2.12. The van der Waals surface area contributed by atoms with Gasteiger partial charge in [0.2, 0.25) is 0 Å². The van der Waals surface area contributed by atoms with Gasteiger partial charge >= 0.3 is 12.4 Å². The average molecular weight is 400 g/mol. The minimum absolute atomic E-state index is 0.0223. The highest BCUT2D eigenvalue weighted by Gasteiger charge is 2.27. The highest BCUT2D eigenvalue weighted by atomic mass is 19.4. The summed E-state index contributed by atoms with van der Waals surface area (Å²) in [6.45, 7) is 0. The number of aryl methyl sites for hydroxylation is 2. The number of halogens is 6. The van der Waals surface area contributed by atoms with Crippen LogP contribution in [0.25, 0.3) is 21.8 Å². The Morgan fingerprint density at radius 1 is 0.607 bits per heavy atom. The van der Waals surface area contributed by atoms with Gasteiger partial charge in [-0.2, -0.15) is 26.3 Å².